The van der Waals surface area contributed by atoms with Crippen molar-refractivity contribution >= 4 is 35.1 Å². The molecule has 2 aromatic carbocycles. The maximum atomic E-state index is 12.9. The van der Waals surface area contributed by atoms with E-state index in [-0.39, 0.29) is 23.8 Å². The van der Waals surface area contributed by atoms with Crippen LogP contribution in [-0.2, 0) is 10.5 Å². The molecular formula is C22H20ClN3O2S. The zero-order chi connectivity index (χ0) is 20.5. The number of H-pyrrole nitrogens is 1. The third kappa shape index (κ3) is 4.23. The number of aromatic amines is 1. The van der Waals surface area contributed by atoms with Crippen molar-refractivity contribution in [3.63, 3.8) is 0 Å². The van der Waals surface area contributed by atoms with Crippen LogP contribution in [0.4, 0.5) is 5.82 Å². The number of carbonyl (C=O) groups excluding carboxylic acids is 1. The van der Waals surface area contributed by atoms with E-state index in [2.05, 4.69) is 21.4 Å². The summed E-state index contributed by atoms with van der Waals surface area (Å²) in [6, 6.07) is 13.6. The van der Waals surface area contributed by atoms with Gasteiger partial charge in [-0.05, 0) is 42.7 Å². The number of nitrogens with zero attached hydrogens (tertiary/aromatic N) is 1. The summed E-state index contributed by atoms with van der Waals surface area (Å²) >= 11 is 7.33. The van der Waals surface area contributed by atoms with Gasteiger partial charge in [0.2, 0.25) is 5.91 Å². The predicted molar refractivity (Wildman–Crippen MR) is 117 cm³/mol. The van der Waals surface area contributed by atoms with Crippen molar-refractivity contribution in [1.29, 1.82) is 0 Å². The van der Waals surface area contributed by atoms with Gasteiger partial charge in [0.1, 0.15) is 5.82 Å². The summed E-state index contributed by atoms with van der Waals surface area (Å²) in [6.45, 7) is 4.03. The summed E-state index contributed by atoms with van der Waals surface area (Å²) in [5.74, 6) is 0.557. The molecule has 1 atom stereocenters. The first kappa shape index (κ1) is 19.7. The zero-order valence-corrected chi connectivity index (χ0v) is 17.7. The molecule has 1 aliphatic heterocycles. The average molecular weight is 426 g/mol. The van der Waals surface area contributed by atoms with Crippen molar-refractivity contribution in [2.24, 2.45) is 0 Å². The Bertz CT molecular complexity index is 1140. The van der Waals surface area contributed by atoms with Crippen molar-refractivity contribution in [3.8, 4) is 0 Å². The summed E-state index contributed by atoms with van der Waals surface area (Å²) in [4.78, 5) is 32.7. The maximum Gasteiger partial charge on any atom is 0.257 e. The van der Waals surface area contributed by atoms with Gasteiger partial charge in [0.15, 0.2) is 5.16 Å². The summed E-state index contributed by atoms with van der Waals surface area (Å²) in [5, 5.41) is 3.93. The molecule has 0 saturated heterocycles. The second-order valence-electron chi connectivity index (χ2n) is 7.21. The minimum Gasteiger partial charge on any atom is -0.310 e. The number of aryl methyl sites for hydroxylation is 2. The Hall–Kier alpha value is -2.57. The molecule has 4 rings (SSSR count). The highest BCUT2D eigenvalue weighted by atomic mass is 35.5. The highest BCUT2D eigenvalue weighted by molar-refractivity contribution is 7.98. The van der Waals surface area contributed by atoms with Gasteiger partial charge in [0, 0.05) is 23.1 Å². The summed E-state index contributed by atoms with van der Waals surface area (Å²) < 4.78 is 0. The van der Waals surface area contributed by atoms with Crippen molar-refractivity contribution in [2.75, 3.05) is 5.32 Å². The third-order valence-corrected chi connectivity index (χ3v) is 6.22. The molecule has 0 radical (unpaired) electrons. The molecule has 3 aromatic rings. The second-order valence-corrected chi connectivity index (χ2v) is 8.61. The van der Waals surface area contributed by atoms with E-state index < -0.39 is 0 Å². The van der Waals surface area contributed by atoms with E-state index >= 15 is 0 Å². The number of hydrogen-bond acceptors (Lipinski definition) is 4. The maximum absolute atomic E-state index is 12.9. The topological polar surface area (TPSA) is 74.8 Å². The van der Waals surface area contributed by atoms with E-state index in [0.29, 0.717) is 27.3 Å². The second kappa shape index (κ2) is 8.05. The van der Waals surface area contributed by atoms with Crippen LogP contribution >= 0.6 is 23.4 Å². The normalized spacial score (nSPS) is 15.7. The number of hydrogen-bond donors (Lipinski definition) is 2. The van der Waals surface area contributed by atoms with Gasteiger partial charge in [-0.1, -0.05) is 59.3 Å². The van der Waals surface area contributed by atoms with Crippen LogP contribution < -0.4 is 10.9 Å². The predicted octanol–water partition coefficient (Wildman–Crippen LogP) is 4.81. The fraction of sp³-hybridized carbons (Fsp3) is 0.227. The van der Waals surface area contributed by atoms with E-state index in [9.17, 15) is 9.59 Å². The Morgan fingerprint density at radius 1 is 1.14 bits per heavy atom. The number of anilines is 1. The Kier molecular flexibility index (Phi) is 5.48. The molecule has 7 heteroatoms. The van der Waals surface area contributed by atoms with E-state index in [1.807, 2.05) is 50.2 Å². The number of aromatic nitrogens is 2. The minimum absolute atomic E-state index is 0.130. The van der Waals surface area contributed by atoms with Gasteiger partial charge in [-0.15, -0.1) is 0 Å². The Morgan fingerprint density at radius 2 is 1.90 bits per heavy atom. The average Bonchev–Trinajstić information content (AvgIpc) is 2.66. The Morgan fingerprint density at radius 3 is 2.62 bits per heavy atom. The zero-order valence-electron chi connectivity index (χ0n) is 16.1. The molecule has 0 aliphatic carbocycles. The van der Waals surface area contributed by atoms with E-state index in [1.165, 1.54) is 11.8 Å². The highest BCUT2D eigenvalue weighted by Crippen LogP contribution is 2.36. The van der Waals surface area contributed by atoms with Crippen LogP contribution in [0.15, 0.2) is 52.4 Å². The molecule has 1 aliphatic rings. The number of fused-ring (bicyclic) bond motifs is 1. The van der Waals surface area contributed by atoms with Crippen LogP contribution in [0.3, 0.4) is 0 Å². The molecule has 0 fully saturated rings. The van der Waals surface area contributed by atoms with Crippen molar-refractivity contribution in [1.82, 2.24) is 9.97 Å². The number of benzene rings is 2. The van der Waals surface area contributed by atoms with Gasteiger partial charge < -0.3 is 10.3 Å². The molecule has 0 spiro atoms. The van der Waals surface area contributed by atoms with Gasteiger partial charge in [-0.3, -0.25) is 9.59 Å². The quantitative estimate of drug-likeness (QED) is 0.464. The first-order chi connectivity index (χ1) is 13.9. The summed E-state index contributed by atoms with van der Waals surface area (Å²) in [5.41, 5.74) is 4.58. The number of halogens is 1. The SMILES string of the molecule is Cc1ccc([C@@H]2CC(=O)Nc3nc(SCc4ccc(Cl)cc4)[nH]c(=O)c32)c(C)c1. The molecule has 2 heterocycles. The molecule has 5 nitrogen and oxygen atoms in total. The van der Waals surface area contributed by atoms with Gasteiger partial charge >= 0.3 is 0 Å². The van der Waals surface area contributed by atoms with Crippen LogP contribution in [0.1, 0.15) is 40.2 Å². The van der Waals surface area contributed by atoms with Gasteiger partial charge in [-0.25, -0.2) is 4.98 Å². The first-order valence-electron chi connectivity index (χ1n) is 9.29. The van der Waals surface area contributed by atoms with Crippen LogP contribution in [0.2, 0.25) is 5.02 Å². The molecule has 0 unspecified atom stereocenters. The number of thioether (sulfide) groups is 1. The lowest BCUT2D eigenvalue weighted by atomic mass is 9.84. The molecule has 1 amide bonds. The van der Waals surface area contributed by atoms with Crippen LogP contribution in [0, 0.1) is 13.8 Å². The molecule has 2 N–H and O–H groups in total. The van der Waals surface area contributed by atoms with Crippen LogP contribution in [0.5, 0.6) is 0 Å². The van der Waals surface area contributed by atoms with E-state index in [4.69, 9.17) is 11.6 Å². The van der Waals surface area contributed by atoms with Gasteiger partial charge in [0.05, 0.1) is 5.56 Å². The van der Waals surface area contributed by atoms with Crippen LogP contribution in [-0.4, -0.2) is 15.9 Å². The molecule has 148 valence electrons. The van der Waals surface area contributed by atoms with Gasteiger partial charge in [0.25, 0.3) is 5.56 Å². The standard InChI is InChI=1S/C22H20ClN3O2S/c1-12-3-8-16(13(2)9-12)17-10-18(27)24-20-19(17)21(28)26-22(25-20)29-11-14-4-6-15(23)7-5-14/h3-9,17H,10-11H2,1-2H3,(H2,24,25,26,27,28)/t17-/m0/s1. The fourth-order valence-electron chi connectivity index (χ4n) is 3.63. The van der Waals surface area contributed by atoms with E-state index in [1.54, 1.807) is 0 Å². The number of rotatable bonds is 4. The lowest BCUT2D eigenvalue weighted by molar-refractivity contribution is -0.116. The Labute approximate surface area is 177 Å². The van der Waals surface area contributed by atoms with Crippen molar-refractivity contribution < 1.29 is 4.79 Å². The minimum atomic E-state index is -0.300. The first-order valence-corrected chi connectivity index (χ1v) is 10.7. The number of carbonyl (C=O) groups is 1. The van der Waals surface area contributed by atoms with Gasteiger partial charge in [-0.2, -0.15) is 0 Å². The lowest BCUT2D eigenvalue weighted by Crippen LogP contribution is -2.31. The van der Waals surface area contributed by atoms with Crippen molar-refractivity contribution in [2.45, 2.75) is 37.1 Å². The number of nitrogens with one attached hydrogen (secondary N) is 2. The largest absolute Gasteiger partial charge is 0.310 e. The third-order valence-electron chi connectivity index (χ3n) is 5.02. The number of amides is 1. The summed E-state index contributed by atoms with van der Waals surface area (Å²) in [7, 11) is 0. The molecule has 29 heavy (non-hydrogen) atoms. The molecule has 0 bridgehead atoms. The Balaban J connectivity index is 1.66. The fourth-order valence-corrected chi connectivity index (χ4v) is 4.58. The summed E-state index contributed by atoms with van der Waals surface area (Å²) in [6.07, 6.45) is 0.235. The van der Waals surface area contributed by atoms with E-state index in [0.717, 1.165) is 22.3 Å². The monoisotopic (exact) mass is 425 g/mol. The molecule has 1 aromatic heterocycles. The van der Waals surface area contributed by atoms with Crippen LogP contribution in [0.25, 0.3) is 0 Å². The lowest BCUT2D eigenvalue weighted by Gasteiger charge is -2.25. The molecular weight excluding hydrogens is 406 g/mol. The van der Waals surface area contributed by atoms with Crippen molar-refractivity contribution in [3.05, 3.63) is 85.7 Å². The molecule has 0 saturated carbocycles. The highest BCUT2D eigenvalue weighted by Gasteiger charge is 2.31. The smallest absolute Gasteiger partial charge is 0.257 e.